The van der Waals surface area contributed by atoms with Gasteiger partial charge in [-0.05, 0) is 53.9 Å². The van der Waals surface area contributed by atoms with Crippen LogP contribution in [-0.4, -0.2) is 48.4 Å². The van der Waals surface area contributed by atoms with Crippen molar-refractivity contribution in [2.45, 2.75) is 46.6 Å². The summed E-state index contributed by atoms with van der Waals surface area (Å²) in [5.74, 6) is 0.564. The van der Waals surface area contributed by atoms with Gasteiger partial charge in [-0.3, -0.25) is 14.6 Å². The second kappa shape index (κ2) is 10.6. The van der Waals surface area contributed by atoms with Crippen molar-refractivity contribution < 1.29 is 4.79 Å². The normalized spacial score (nSPS) is 19.5. The van der Waals surface area contributed by atoms with Crippen molar-refractivity contribution in [1.82, 2.24) is 9.80 Å². The number of carbonyl (C=O) groups is 1. The third-order valence-electron chi connectivity index (χ3n) is 7.08. The van der Waals surface area contributed by atoms with E-state index < -0.39 is 0 Å². The van der Waals surface area contributed by atoms with Crippen LogP contribution in [-0.2, 0) is 24.2 Å². The van der Waals surface area contributed by atoms with E-state index in [-0.39, 0.29) is 11.3 Å². The monoisotopic (exact) mass is 518 g/mol. The molecule has 34 heavy (non-hydrogen) atoms. The molecule has 5 nitrogen and oxygen atoms in total. The summed E-state index contributed by atoms with van der Waals surface area (Å²) in [4.78, 5) is 18.6. The minimum atomic E-state index is -0.0413. The third-order valence-corrected chi connectivity index (χ3v) is 8.99. The number of hydrogen-bond donors (Lipinski definition) is 1. The lowest BCUT2D eigenvalue weighted by molar-refractivity contribution is -0.117. The Bertz CT molecular complexity index is 1090. The van der Waals surface area contributed by atoms with E-state index in [0.717, 1.165) is 68.1 Å². The number of halogens is 2. The average Bonchev–Trinajstić information content (AvgIpc) is 3.13. The van der Waals surface area contributed by atoms with Crippen molar-refractivity contribution in [3.8, 4) is 6.07 Å². The molecule has 1 saturated heterocycles. The highest BCUT2D eigenvalue weighted by Gasteiger charge is 2.32. The van der Waals surface area contributed by atoms with Crippen LogP contribution in [0.4, 0.5) is 5.00 Å². The number of carbonyl (C=O) groups excluding carboxylic acids is 1. The maximum atomic E-state index is 12.8. The van der Waals surface area contributed by atoms with Crippen molar-refractivity contribution in [2.75, 3.05) is 38.0 Å². The van der Waals surface area contributed by atoms with Crippen molar-refractivity contribution in [2.24, 2.45) is 11.3 Å². The second-order valence-electron chi connectivity index (χ2n) is 10.5. The maximum absolute atomic E-state index is 12.8. The van der Waals surface area contributed by atoms with E-state index in [1.54, 1.807) is 11.3 Å². The van der Waals surface area contributed by atoms with Crippen LogP contribution in [0.2, 0.25) is 10.0 Å². The highest BCUT2D eigenvalue weighted by molar-refractivity contribution is 7.16. The average molecular weight is 520 g/mol. The van der Waals surface area contributed by atoms with Gasteiger partial charge in [-0.15, -0.1) is 11.3 Å². The maximum Gasteiger partial charge on any atom is 0.239 e. The predicted octanol–water partition coefficient (Wildman–Crippen LogP) is 5.83. The lowest BCUT2D eigenvalue weighted by Crippen LogP contribution is -2.48. The fourth-order valence-corrected chi connectivity index (χ4v) is 6.52. The lowest BCUT2D eigenvalue weighted by Gasteiger charge is -2.34. The summed E-state index contributed by atoms with van der Waals surface area (Å²) in [6, 6.07) is 8.12. The van der Waals surface area contributed by atoms with Gasteiger partial charge in [0.05, 0.1) is 22.2 Å². The summed E-state index contributed by atoms with van der Waals surface area (Å²) in [6.07, 6.45) is 3.02. The summed E-state index contributed by atoms with van der Waals surface area (Å²) in [5, 5.41) is 14.7. The summed E-state index contributed by atoms with van der Waals surface area (Å²) in [5.41, 5.74) is 3.21. The Hall–Kier alpha value is -1.62. The van der Waals surface area contributed by atoms with Crippen LogP contribution in [0, 0.1) is 22.7 Å². The van der Waals surface area contributed by atoms with Gasteiger partial charge in [0.25, 0.3) is 0 Å². The lowest BCUT2D eigenvalue weighted by atomic mass is 9.72. The Kier molecular flexibility index (Phi) is 7.91. The molecule has 182 valence electrons. The standard InChI is InChI=1S/C26H32Cl2N4OS/c1-26(2,3)18-5-6-19-20(14-29)25(34-23(19)13-18)30-24(33)16-32-10-8-31(9-11-32)15-17-4-7-21(27)22(28)12-17/h4,7,12,18H,5-6,8-11,13,15-16H2,1-3H3,(H,30,33). The van der Waals surface area contributed by atoms with E-state index in [1.807, 2.05) is 18.2 Å². The van der Waals surface area contributed by atoms with Crippen LogP contribution in [0.15, 0.2) is 18.2 Å². The molecule has 0 saturated carbocycles. The first-order chi connectivity index (χ1) is 16.1. The molecule has 1 amide bonds. The number of rotatable bonds is 5. The predicted molar refractivity (Wildman–Crippen MR) is 141 cm³/mol. The number of thiophene rings is 1. The molecule has 1 atom stereocenters. The molecule has 1 aliphatic heterocycles. The number of nitrogens with zero attached hydrogens (tertiary/aromatic N) is 3. The first-order valence-corrected chi connectivity index (χ1v) is 13.4. The van der Waals surface area contributed by atoms with Crippen LogP contribution in [0.5, 0.6) is 0 Å². The molecule has 0 bridgehead atoms. The van der Waals surface area contributed by atoms with Crippen molar-refractivity contribution in [1.29, 1.82) is 5.26 Å². The summed E-state index contributed by atoms with van der Waals surface area (Å²) < 4.78 is 0. The van der Waals surface area contributed by atoms with Crippen molar-refractivity contribution in [3.63, 3.8) is 0 Å². The topological polar surface area (TPSA) is 59.4 Å². The minimum absolute atomic E-state index is 0.0413. The zero-order chi connectivity index (χ0) is 24.5. The smallest absolute Gasteiger partial charge is 0.239 e. The zero-order valence-electron chi connectivity index (χ0n) is 20.1. The molecule has 1 aliphatic carbocycles. The number of nitriles is 1. The first kappa shape index (κ1) is 25.5. The molecular weight excluding hydrogens is 487 g/mol. The van der Waals surface area contributed by atoms with E-state index in [2.05, 4.69) is 42.0 Å². The Morgan fingerprint density at radius 1 is 1.18 bits per heavy atom. The van der Waals surface area contributed by atoms with Gasteiger partial charge in [0.1, 0.15) is 11.1 Å². The van der Waals surface area contributed by atoms with E-state index in [4.69, 9.17) is 23.2 Å². The SMILES string of the molecule is CC(C)(C)C1CCc2c(sc(NC(=O)CN3CCN(Cc4ccc(Cl)c(Cl)c4)CC3)c2C#N)C1. The number of nitrogens with one attached hydrogen (secondary N) is 1. The van der Waals surface area contributed by atoms with E-state index >= 15 is 0 Å². The number of anilines is 1. The van der Waals surface area contributed by atoms with Gasteiger partial charge in [-0.1, -0.05) is 50.0 Å². The molecule has 1 N–H and O–H groups in total. The third kappa shape index (κ3) is 5.95. The largest absolute Gasteiger partial charge is 0.315 e. The Morgan fingerprint density at radius 3 is 2.53 bits per heavy atom. The molecule has 0 spiro atoms. The fraction of sp³-hybridized carbons (Fsp3) is 0.538. The molecular formula is C26H32Cl2N4OS. The van der Waals surface area contributed by atoms with Gasteiger partial charge >= 0.3 is 0 Å². The number of benzene rings is 1. The zero-order valence-corrected chi connectivity index (χ0v) is 22.4. The summed E-state index contributed by atoms with van der Waals surface area (Å²) >= 11 is 13.8. The van der Waals surface area contributed by atoms with Gasteiger partial charge in [-0.25, -0.2) is 0 Å². The van der Waals surface area contributed by atoms with E-state index in [0.29, 0.717) is 28.1 Å². The Morgan fingerprint density at radius 2 is 1.88 bits per heavy atom. The molecule has 1 fully saturated rings. The molecule has 1 aromatic carbocycles. The number of amides is 1. The van der Waals surface area contributed by atoms with Gasteiger partial charge in [0.2, 0.25) is 5.91 Å². The molecule has 2 aromatic rings. The fourth-order valence-electron chi connectivity index (χ4n) is 4.90. The number of fused-ring (bicyclic) bond motifs is 1. The van der Waals surface area contributed by atoms with Crippen molar-refractivity contribution >= 4 is 45.4 Å². The quantitative estimate of drug-likeness (QED) is 0.540. The van der Waals surface area contributed by atoms with E-state index in [1.165, 1.54) is 4.88 Å². The molecule has 2 aliphatic rings. The van der Waals surface area contributed by atoms with Crippen LogP contribution < -0.4 is 5.32 Å². The van der Waals surface area contributed by atoms with Crippen LogP contribution in [0.3, 0.4) is 0 Å². The van der Waals surface area contributed by atoms with Crippen LogP contribution >= 0.6 is 34.5 Å². The molecule has 2 heterocycles. The van der Waals surface area contributed by atoms with Gasteiger partial charge in [0.15, 0.2) is 0 Å². The first-order valence-electron chi connectivity index (χ1n) is 11.9. The molecule has 1 unspecified atom stereocenters. The minimum Gasteiger partial charge on any atom is -0.315 e. The second-order valence-corrected chi connectivity index (χ2v) is 12.4. The highest BCUT2D eigenvalue weighted by Crippen LogP contribution is 2.44. The number of piperazine rings is 1. The molecule has 0 radical (unpaired) electrons. The molecule has 1 aromatic heterocycles. The molecule has 8 heteroatoms. The van der Waals surface area contributed by atoms with Gasteiger partial charge < -0.3 is 5.32 Å². The van der Waals surface area contributed by atoms with Gasteiger partial charge in [0, 0.05) is 37.6 Å². The van der Waals surface area contributed by atoms with Crippen LogP contribution in [0.1, 0.15) is 48.8 Å². The van der Waals surface area contributed by atoms with Crippen LogP contribution in [0.25, 0.3) is 0 Å². The van der Waals surface area contributed by atoms with Gasteiger partial charge in [-0.2, -0.15) is 5.26 Å². The van der Waals surface area contributed by atoms with Crippen molar-refractivity contribution in [3.05, 3.63) is 49.8 Å². The summed E-state index contributed by atoms with van der Waals surface area (Å²) in [6.45, 7) is 11.5. The summed E-state index contributed by atoms with van der Waals surface area (Å²) in [7, 11) is 0. The Balaban J connectivity index is 1.30. The Labute approximate surface area is 216 Å². The van der Waals surface area contributed by atoms with E-state index in [9.17, 15) is 10.1 Å². The highest BCUT2D eigenvalue weighted by atomic mass is 35.5. The number of hydrogen-bond acceptors (Lipinski definition) is 5. The molecule has 4 rings (SSSR count).